The number of ether oxygens (including phenoxy) is 3. The molecule has 0 aromatic heterocycles. The van der Waals surface area contributed by atoms with Crippen molar-refractivity contribution in [3.63, 3.8) is 0 Å². The van der Waals surface area contributed by atoms with Crippen molar-refractivity contribution in [2.24, 2.45) is 0 Å². The molecule has 0 saturated carbocycles. The van der Waals surface area contributed by atoms with Crippen LogP contribution in [0.2, 0.25) is 0 Å². The van der Waals surface area contributed by atoms with Gasteiger partial charge in [0.25, 0.3) is 0 Å². The van der Waals surface area contributed by atoms with Gasteiger partial charge in [-0.2, -0.15) is 0 Å². The number of phosphoric ester groups is 1. The van der Waals surface area contributed by atoms with Crippen molar-refractivity contribution in [3.05, 3.63) is 0 Å². The van der Waals surface area contributed by atoms with Gasteiger partial charge in [0.2, 0.25) is 5.79 Å². The summed E-state index contributed by atoms with van der Waals surface area (Å²) < 4.78 is 30.2. The second-order valence-electron chi connectivity index (χ2n) is 6.12. The van der Waals surface area contributed by atoms with Crippen molar-refractivity contribution in [2.75, 3.05) is 19.8 Å². The summed E-state index contributed by atoms with van der Waals surface area (Å²) in [4.78, 5) is 21.6. The smallest absolute Gasteiger partial charge is 0.790 e. The summed E-state index contributed by atoms with van der Waals surface area (Å²) in [6, 6.07) is 0. The molecule has 2 saturated heterocycles. The van der Waals surface area contributed by atoms with Gasteiger partial charge in [0.05, 0.1) is 21.0 Å². The van der Waals surface area contributed by atoms with Gasteiger partial charge in [-0.05, 0) is 0 Å². The fraction of sp³-hybridized carbons (Fsp3) is 1.00. The first-order valence-corrected chi connectivity index (χ1v) is 9.21. The van der Waals surface area contributed by atoms with Crippen LogP contribution in [-0.4, -0.2) is 110 Å². The van der Waals surface area contributed by atoms with E-state index in [0.29, 0.717) is 0 Å². The zero-order chi connectivity index (χ0) is 20.6. The monoisotopic (exact) mass is 498 g/mol. The van der Waals surface area contributed by atoms with E-state index >= 15 is 0 Å². The van der Waals surface area contributed by atoms with Crippen molar-refractivity contribution in [1.82, 2.24) is 0 Å². The van der Waals surface area contributed by atoms with Crippen LogP contribution in [-0.2, 0) is 23.3 Å². The first kappa shape index (κ1) is 32.0. The van der Waals surface area contributed by atoms with Crippen molar-refractivity contribution in [1.29, 1.82) is 0 Å². The third-order valence-electron chi connectivity index (χ3n) is 4.27. The first-order valence-electron chi connectivity index (χ1n) is 7.75. The van der Waals surface area contributed by atoms with Crippen molar-refractivity contribution in [2.45, 2.75) is 54.8 Å². The molecule has 7 N–H and O–H groups in total. The molecule has 17 heteroatoms. The fourth-order valence-electron chi connectivity index (χ4n) is 2.79. The normalized spacial score (nSPS) is 42.8. The summed E-state index contributed by atoms with van der Waals surface area (Å²) in [5.74, 6) is -2.61. The molecule has 0 spiro atoms. The third kappa shape index (κ3) is 7.74. The molecule has 2 aliphatic rings. The quantitative estimate of drug-likeness (QED) is 0.127. The molecule has 0 radical (unpaired) electrons. The van der Waals surface area contributed by atoms with Crippen molar-refractivity contribution in [3.8, 4) is 0 Å². The standard InChI is InChI=1S/C12H23O14P.2K/c13-1-4-6(15)8(17)9(18)11(24-4)26-12(3-23-27(20,21)22)10(19)7(16)5(2-14)25-12;;/h4-11,13-19H,1-3H2,(H2,20,21,22);;/q;2*+1/p-2/t4-,5-,6-,7-,8+,9-,10+,11-,12+;;/m1../s1. The molecule has 2 heterocycles. The van der Waals surface area contributed by atoms with Gasteiger partial charge in [-0.25, -0.2) is 0 Å². The van der Waals surface area contributed by atoms with Crippen LogP contribution in [0.3, 0.4) is 0 Å². The summed E-state index contributed by atoms with van der Waals surface area (Å²) in [7, 11) is -5.59. The number of hydrogen-bond acceptors (Lipinski definition) is 14. The molecule has 0 bridgehead atoms. The van der Waals surface area contributed by atoms with E-state index in [1.807, 2.05) is 0 Å². The van der Waals surface area contributed by atoms with E-state index in [1.165, 1.54) is 0 Å². The minimum absolute atomic E-state index is 0. The Hall–Kier alpha value is 2.98. The third-order valence-corrected chi connectivity index (χ3v) is 4.72. The molecule has 0 amide bonds. The van der Waals surface area contributed by atoms with Crippen LogP contribution >= 0.6 is 7.82 Å². The number of aliphatic hydroxyl groups excluding tert-OH is 7. The predicted molar refractivity (Wildman–Crippen MR) is 75.1 cm³/mol. The van der Waals surface area contributed by atoms with E-state index in [2.05, 4.69) is 4.52 Å². The summed E-state index contributed by atoms with van der Waals surface area (Å²) in [5.41, 5.74) is 0. The van der Waals surface area contributed by atoms with Crippen LogP contribution in [0.25, 0.3) is 0 Å². The molecule has 0 aromatic rings. The largest absolute Gasteiger partial charge is 1.00 e. The molecule has 29 heavy (non-hydrogen) atoms. The Morgan fingerprint density at radius 2 is 1.45 bits per heavy atom. The Morgan fingerprint density at radius 3 is 1.90 bits per heavy atom. The first-order chi connectivity index (χ1) is 12.5. The van der Waals surface area contributed by atoms with Gasteiger partial charge in [-0.3, -0.25) is 0 Å². The van der Waals surface area contributed by atoms with Crippen LogP contribution in [0.5, 0.6) is 0 Å². The van der Waals surface area contributed by atoms with Gasteiger partial charge in [0.15, 0.2) is 6.29 Å². The molecule has 0 aromatic carbocycles. The molecule has 14 nitrogen and oxygen atoms in total. The maximum Gasteiger partial charge on any atom is 1.00 e. The molecule has 2 aliphatic heterocycles. The Kier molecular flexibility index (Phi) is 14.5. The summed E-state index contributed by atoms with van der Waals surface area (Å²) in [5, 5.41) is 67.9. The van der Waals surface area contributed by atoms with E-state index < -0.39 is 82.4 Å². The van der Waals surface area contributed by atoms with Crippen LogP contribution in [0.15, 0.2) is 0 Å². The van der Waals surface area contributed by atoms with E-state index in [9.17, 15) is 45.0 Å². The van der Waals surface area contributed by atoms with Gasteiger partial charge in [0, 0.05) is 0 Å². The second kappa shape index (κ2) is 13.2. The minimum atomic E-state index is -5.59. The maximum atomic E-state index is 10.8. The summed E-state index contributed by atoms with van der Waals surface area (Å²) >= 11 is 0. The van der Waals surface area contributed by atoms with Crippen molar-refractivity contribution >= 4 is 7.82 Å². The molecule has 2 fully saturated rings. The molecular formula is C12H21K2O14P. The number of hydrogen-bond donors (Lipinski definition) is 7. The number of phosphoric acid groups is 1. The van der Waals surface area contributed by atoms with E-state index in [1.54, 1.807) is 0 Å². The van der Waals surface area contributed by atoms with Crippen LogP contribution in [0, 0.1) is 0 Å². The van der Waals surface area contributed by atoms with Crippen LogP contribution < -0.4 is 113 Å². The molecule has 2 rings (SSSR count). The summed E-state index contributed by atoms with van der Waals surface area (Å²) in [6.07, 6.45) is -14.3. The summed E-state index contributed by atoms with van der Waals surface area (Å²) in [6.45, 7) is -2.94. The molecule has 0 unspecified atom stereocenters. The van der Waals surface area contributed by atoms with Gasteiger partial charge < -0.3 is 68.8 Å². The Balaban J connectivity index is 0.00000392. The van der Waals surface area contributed by atoms with Gasteiger partial charge in [-0.15, -0.1) is 0 Å². The van der Waals surface area contributed by atoms with E-state index in [-0.39, 0.29) is 103 Å². The maximum absolute atomic E-state index is 10.8. The zero-order valence-electron chi connectivity index (χ0n) is 15.7. The second-order valence-corrected chi connectivity index (χ2v) is 7.27. The van der Waals surface area contributed by atoms with Crippen LogP contribution in [0.1, 0.15) is 0 Å². The average Bonchev–Trinajstić information content (AvgIpc) is 2.85. The van der Waals surface area contributed by atoms with E-state index in [4.69, 9.17) is 19.3 Å². The zero-order valence-corrected chi connectivity index (χ0v) is 22.8. The minimum Gasteiger partial charge on any atom is -0.790 e. The van der Waals surface area contributed by atoms with Crippen molar-refractivity contribution < 1.29 is 172 Å². The van der Waals surface area contributed by atoms with Crippen LogP contribution in [0.4, 0.5) is 0 Å². The topological polar surface area (TPSA) is 242 Å². The molecular weight excluding hydrogens is 477 g/mol. The molecule has 0 aliphatic carbocycles. The fourth-order valence-corrected chi connectivity index (χ4v) is 3.12. The molecule has 9 atom stereocenters. The Morgan fingerprint density at radius 1 is 0.897 bits per heavy atom. The average molecular weight is 498 g/mol. The van der Waals surface area contributed by atoms with E-state index in [0.717, 1.165) is 0 Å². The number of aliphatic hydroxyl groups is 7. The van der Waals surface area contributed by atoms with Gasteiger partial charge in [-0.1, -0.05) is 0 Å². The Labute approximate surface area is 250 Å². The predicted octanol–water partition coefficient (Wildman–Crippen LogP) is -12.5. The van der Waals surface area contributed by atoms with Gasteiger partial charge >= 0.3 is 103 Å². The molecule has 160 valence electrons. The Bertz CT molecular complexity index is 551. The SMILES string of the molecule is O=P([O-])([O-])OC[C@@]1(O[C@H]2O[C@H](CO)[C@@H](O)[C@H](O)[C@H]2O)O[C@H](CO)[C@@H](O)[C@@H]1O.[K+].[K+]. The number of rotatable bonds is 7. The van der Waals surface area contributed by atoms with Gasteiger partial charge in [0.1, 0.15) is 49.3 Å².